The zero-order valence-corrected chi connectivity index (χ0v) is 17.6. The molecule has 0 saturated carbocycles. The molecule has 0 spiro atoms. The molecular formula is C21H23N3O2S2. The minimum atomic E-state index is -0.750. The quantitative estimate of drug-likeness (QED) is 0.389. The second kappa shape index (κ2) is 11.4. The zero-order valence-electron chi connectivity index (χ0n) is 16.0. The Morgan fingerprint density at radius 2 is 2.11 bits per heavy atom. The van der Waals surface area contributed by atoms with Gasteiger partial charge in [-0.1, -0.05) is 18.7 Å². The first-order valence-corrected chi connectivity index (χ1v) is 10.8. The molecule has 0 aliphatic heterocycles. The lowest BCUT2D eigenvalue weighted by atomic mass is 10.2. The Kier molecular flexibility index (Phi) is 8.87. The van der Waals surface area contributed by atoms with Crippen molar-refractivity contribution in [1.82, 2.24) is 10.3 Å². The summed E-state index contributed by atoms with van der Waals surface area (Å²) in [4.78, 5) is 28.2. The van der Waals surface area contributed by atoms with Gasteiger partial charge in [0.25, 0.3) is 0 Å². The van der Waals surface area contributed by atoms with Gasteiger partial charge in [-0.15, -0.1) is 35.5 Å². The highest BCUT2D eigenvalue weighted by molar-refractivity contribution is 8.01. The molecule has 0 aliphatic rings. The summed E-state index contributed by atoms with van der Waals surface area (Å²) in [6.07, 6.45) is 8.31. The summed E-state index contributed by atoms with van der Waals surface area (Å²) in [7, 11) is 0. The monoisotopic (exact) mass is 413 g/mol. The number of amides is 2. The lowest BCUT2D eigenvalue weighted by molar-refractivity contribution is -0.125. The topological polar surface area (TPSA) is 71.1 Å². The van der Waals surface area contributed by atoms with Crippen molar-refractivity contribution in [2.75, 3.05) is 11.1 Å². The van der Waals surface area contributed by atoms with E-state index in [0.29, 0.717) is 5.69 Å². The maximum atomic E-state index is 12.4. The smallest absolute Gasteiger partial charge is 0.247 e. The normalized spacial score (nSPS) is 11.2. The Labute approximate surface area is 174 Å². The van der Waals surface area contributed by atoms with E-state index in [1.54, 1.807) is 29.2 Å². The number of terminal acetylenes is 1. The highest BCUT2D eigenvalue weighted by Crippen LogP contribution is 2.31. The number of thiazole rings is 1. The number of benzene rings is 1. The molecule has 5 nitrogen and oxygen atoms in total. The van der Waals surface area contributed by atoms with Crippen LogP contribution in [0.15, 0.2) is 22.5 Å². The van der Waals surface area contributed by atoms with E-state index >= 15 is 0 Å². The molecule has 0 aliphatic carbocycles. The molecule has 0 bridgehead atoms. The Balaban J connectivity index is 1.99. The second-order valence-corrected chi connectivity index (χ2v) is 8.39. The van der Waals surface area contributed by atoms with Gasteiger partial charge >= 0.3 is 0 Å². The molecule has 1 aromatic carbocycles. The molecule has 28 heavy (non-hydrogen) atoms. The van der Waals surface area contributed by atoms with Crippen molar-refractivity contribution in [2.45, 2.75) is 49.9 Å². The molecule has 0 fully saturated rings. The average molecular weight is 414 g/mol. The predicted octanol–water partition coefficient (Wildman–Crippen LogP) is 4.05. The fraction of sp³-hybridized carbons (Fsp3) is 0.381. The van der Waals surface area contributed by atoms with Crippen LogP contribution in [0.25, 0.3) is 10.2 Å². The predicted molar refractivity (Wildman–Crippen MR) is 117 cm³/mol. The van der Waals surface area contributed by atoms with Gasteiger partial charge in [0.1, 0.15) is 6.04 Å². The van der Waals surface area contributed by atoms with E-state index in [1.807, 2.05) is 12.1 Å². The number of carbonyl (C=O) groups is 2. The van der Waals surface area contributed by atoms with Crippen LogP contribution in [0.4, 0.5) is 5.69 Å². The number of hydrogen-bond donors (Lipinski definition) is 2. The van der Waals surface area contributed by atoms with Crippen LogP contribution in [0.3, 0.4) is 0 Å². The largest absolute Gasteiger partial charge is 0.344 e. The summed E-state index contributed by atoms with van der Waals surface area (Å²) < 4.78 is 1.98. The van der Waals surface area contributed by atoms with E-state index in [1.165, 1.54) is 6.92 Å². The molecule has 2 aromatic rings. The summed E-state index contributed by atoms with van der Waals surface area (Å²) >= 11 is 3.28. The van der Waals surface area contributed by atoms with Crippen molar-refractivity contribution in [1.29, 1.82) is 0 Å². The van der Waals surface area contributed by atoms with Gasteiger partial charge in [0.2, 0.25) is 11.8 Å². The summed E-state index contributed by atoms with van der Waals surface area (Å²) in [5.74, 6) is 9.00. The van der Waals surface area contributed by atoms with Gasteiger partial charge in [-0.2, -0.15) is 0 Å². The minimum absolute atomic E-state index is 0.135. The van der Waals surface area contributed by atoms with Gasteiger partial charge in [0.15, 0.2) is 4.34 Å². The molecule has 7 heteroatoms. The summed E-state index contributed by atoms with van der Waals surface area (Å²) in [6.45, 7) is 3.48. The van der Waals surface area contributed by atoms with E-state index in [9.17, 15) is 9.59 Å². The van der Waals surface area contributed by atoms with Crippen molar-refractivity contribution in [3.63, 3.8) is 0 Å². The molecule has 1 aromatic heterocycles. The summed E-state index contributed by atoms with van der Waals surface area (Å²) in [5.41, 5.74) is 1.54. The van der Waals surface area contributed by atoms with Crippen LogP contribution in [0, 0.1) is 24.2 Å². The number of carbonyl (C=O) groups excluding carboxylic acids is 2. The lowest BCUT2D eigenvalue weighted by Crippen LogP contribution is -2.42. The zero-order chi connectivity index (χ0) is 20.4. The van der Waals surface area contributed by atoms with E-state index < -0.39 is 6.04 Å². The number of fused-ring (bicyclic) bond motifs is 1. The maximum Gasteiger partial charge on any atom is 0.247 e. The van der Waals surface area contributed by atoms with E-state index in [-0.39, 0.29) is 18.2 Å². The summed E-state index contributed by atoms with van der Waals surface area (Å²) in [5, 5.41) is 5.38. The summed E-state index contributed by atoms with van der Waals surface area (Å²) in [6, 6.07) is 4.81. The van der Waals surface area contributed by atoms with Gasteiger partial charge in [0, 0.05) is 37.6 Å². The van der Waals surface area contributed by atoms with Crippen LogP contribution in [0.1, 0.15) is 39.5 Å². The van der Waals surface area contributed by atoms with Crippen molar-refractivity contribution in [2.24, 2.45) is 0 Å². The molecule has 0 saturated heterocycles. The molecule has 2 N–H and O–H groups in total. The Morgan fingerprint density at radius 1 is 1.32 bits per heavy atom. The van der Waals surface area contributed by atoms with Gasteiger partial charge in [-0.25, -0.2) is 4.98 Å². The van der Waals surface area contributed by atoms with Gasteiger partial charge in [-0.05, 0) is 24.6 Å². The first-order chi connectivity index (χ1) is 13.5. The number of anilines is 1. The molecule has 2 amide bonds. The van der Waals surface area contributed by atoms with Crippen molar-refractivity contribution < 1.29 is 9.59 Å². The van der Waals surface area contributed by atoms with Gasteiger partial charge in [0.05, 0.1) is 10.2 Å². The molecule has 1 unspecified atom stereocenters. The SMILES string of the molecule is C#CCC(NC(C)=O)C(=O)Nc1ccc2nc(SCCC#CCCC)sc2c1. The Bertz CT molecular complexity index is 934. The molecule has 146 valence electrons. The van der Waals surface area contributed by atoms with Crippen LogP contribution >= 0.6 is 23.1 Å². The molecular weight excluding hydrogens is 390 g/mol. The number of nitrogens with one attached hydrogen (secondary N) is 2. The minimum Gasteiger partial charge on any atom is -0.344 e. The van der Waals surface area contributed by atoms with Gasteiger partial charge in [-0.3, -0.25) is 9.59 Å². The van der Waals surface area contributed by atoms with Crippen molar-refractivity contribution in [3.8, 4) is 24.2 Å². The number of rotatable bonds is 8. The molecule has 1 atom stereocenters. The van der Waals surface area contributed by atoms with Crippen LogP contribution in [-0.4, -0.2) is 28.6 Å². The number of unbranched alkanes of at least 4 members (excludes halogenated alkanes) is 1. The van der Waals surface area contributed by atoms with Crippen molar-refractivity contribution in [3.05, 3.63) is 18.2 Å². The molecule has 1 heterocycles. The third-order valence-electron chi connectivity index (χ3n) is 3.60. The van der Waals surface area contributed by atoms with Gasteiger partial charge < -0.3 is 10.6 Å². The van der Waals surface area contributed by atoms with Crippen LogP contribution in [-0.2, 0) is 9.59 Å². The Hall–Kier alpha value is -2.48. The highest BCUT2D eigenvalue weighted by atomic mass is 32.2. The number of aromatic nitrogens is 1. The maximum absolute atomic E-state index is 12.4. The first kappa shape index (κ1) is 21.8. The fourth-order valence-electron chi connectivity index (χ4n) is 2.34. The Morgan fingerprint density at radius 3 is 2.82 bits per heavy atom. The number of hydrogen-bond acceptors (Lipinski definition) is 5. The van der Waals surface area contributed by atoms with E-state index in [4.69, 9.17) is 6.42 Å². The van der Waals surface area contributed by atoms with E-state index in [2.05, 4.69) is 40.3 Å². The van der Waals surface area contributed by atoms with Crippen LogP contribution in [0.2, 0.25) is 0 Å². The number of nitrogens with zero attached hydrogens (tertiary/aromatic N) is 1. The number of thioether (sulfide) groups is 1. The highest BCUT2D eigenvalue weighted by Gasteiger charge is 2.18. The third-order valence-corrected chi connectivity index (χ3v) is 5.77. The second-order valence-electron chi connectivity index (χ2n) is 6.01. The van der Waals surface area contributed by atoms with E-state index in [0.717, 1.165) is 39.6 Å². The first-order valence-electron chi connectivity index (χ1n) is 9.04. The van der Waals surface area contributed by atoms with Crippen LogP contribution in [0.5, 0.6) is 0 Å². The van der Waals surface area contributed by atoms with Crippen LogP contribution < -0.4 is 10.6 Å². The molecule has 2 rings (SSSR count). The van der Waals surface area contributed by atoms with Crippen molar-refractivity contribution >= 4 is 50.8 Å². The third kappa shape index (κ3) is 6.92. The lowest BCUT2D eigenvalue weighted by Gasteiger charge is -2.15. The standard InChI is InChI=1S/C21H23N3O2S2/c1-4-6-7-8-9-13-27-21-24-17-12-11-16(14-19(17)28-21)23-20(26)18(10-5-2)22-15(3)25/h2,11-12,14,18H,4,6,9-10,13H2,1,3H3,(H,22,25)(H,23,26). The fourth-order valence-corrected chi connectivity index (χ4v) is 4.37. The molecule has 0 radical (unpaired) electrons. The average Bonchev–Trinajstić information content (AvgIpc) is 3.06.